The van der Waals surface area contributed by atoms with Gasteiger partial charge in [0.05, 0.1) is 7.11 Å². The number of nitrogen functional groups attached to an aromatic ring is 1. The first-order valence-corrected chi connectivity index (χ1v) is 5.78. The van der Waals surface area contributed by atoms with Gasteiger partial charge >= 0.3 is 0 Å². The van der Waals surface area contributed by atoms with Gasteiger partial charge in [0, 0.05) is 29.7 Å². The van der Waals surface area contributed by atoms with E-state index in [-0.39, 0.29) is 6.04 Å². The lowest BCUT2D eigenvalue weighted by molar-refractivity contribution is 0.414. The quantitative estimate of drug-likeness (QED) is 0.860. The molecule has 0 bridgehead atoms. The summed E-state index contributed by atoms with van der Waals surface area (Å²) in [5.41, 5.74) is 14.7. The topological polar surface area (TPSA) is 74.2 Å². The first-order valence-electron chi connectivity index (χ1n) is 5.78. The molecule has 1 aromatic heterocycles. The molecule has 0 aliphatic rings. The second kappa shape index (κ2) is 5.51. The Bertz CT molecular complexity index is 528. The summed E-state index contributed by atoms with van der Waals surface area (Å²) in [6.45, 7) is 0. The van der Waals surface area contributed by atoms with Crippen molar-refractivity contribution in [2.24, 2.45) is 5.73 Å². The SMILES string of the molecule is COc1cccc(CC(N)c2cnccc2N)c1. The highest BCUT2D eigenvalue weighted by atomic mass is 16.5. The Hall–Kier alpha value is -2.07. The third-order valence-electron chi connectivity index (χ3n) is 2.88. The zero-order chi connectivity index (χ0) is 13.0. The Labute approximate surface area is 107 Å². The van der Waals surface area contributed by atoms with E-state index in [1.807, 2.05) is 24.3 Å². The van der Waals surface area contributed by atoms with Crippen LogP contribution >= 0.6 is 0 Å². The van der Waals surface area contributed by atoms with Crippen molar-refractivity contribution in [1.82, 2.24) is 4.98 Å². The molecule has 0 aliphatic carbocycles. The number of nitrogens with two attached hydrogens (primary N) is 2. The van der Waals surface area contributed by atoms with E-state index in [9.17, 15) is 0 Å². The van der Waals surface area contributed by atoms with E-state index in [0.717, 1.165) is 16.9 Å². The molecule has 0 radical (unpaired) electrons. The number of anilines is 1. The summed E-state index contributed by atoms with van der Waals surface area (Å²) in [6.07, 6.45) is 4.09. The van der Waals surface area contributed by atoms with E-state index < -0.39 is 0 Å². The number of benzene rings is 1. The summed E-state index contributed by atoms with van der Waals surface area (Å²) >= 11 is 0. The maximum absolute atomic E-state index is 6.16. The minimum atomic E-state index is -0.161. The number of rotatable bonds is 4. The van der Waals surface area contributed by atoms with Crippen LogP contribution in [0.4, 0.5) is 5.69 Å². The number of pyridine rings is 1. The molecule has 4 heteroatoms. The standard InChI is InChI=1S/C14H17N3O/c1-18-11-4-2-3-10(7-11)8-14(16)12-9-17-6-5-13(12)15/h2-7,9,14H,8,16H2,1H3,(H2,15,17). The lowest BCUT2D eigenvalue weighted by atomic mass is 10.00. The van der Waals surface area contributed by atoms with E-state index in [1.54, 1.807) is 25.6 Å². The smallest absolute Gasteiger partial charge is 0.119 e. The normalized spacial score (nSPS) is 12.1. The van der Waals surface area contributed by atoms with Gasteiger partial charge in [-0.3, -0.25) is 4.98 Å². The fourth-order valence-electron chi connectivity index (χ4n) is 1.89. The molecule has 1 heterocycles. The fourth-order valence-corrected chi connectivity index (χ4v) is 1.89. The zero-order valence-electron chi connectivity index (χ0n) is 10.3. The van der Waals surface area contributed by atoms with Gasteiger partial charge in [-0.1, -0.05) is 12.1 Å². The molecule has 4 nitrogen and oxygen atoms in total. The summed E-state index contributed by atoms with van der Waals surface area (Å²) < 4.78 is 5.19. The summed E-state index contributed by atoms with van der Waals surface area (Å²) in [4.78, 5) is 4.06. The van der Waals surface area contributed by atoms with Gasteiger partial charge in [0.15, 0.2) is 0 Å². The monoisotopic (exact) mass is 243 g/mol. The van der Waals surface area contributed by atoms with Gasteiger partial charge in [-0.15, -0.1) is 0 Å². The molecule has 2 aromatic rings. The van der Waals surface area contributed by atoms with Crippen molar-refractivity contribution in [3.63, 3.8) is 0 Å². The van der Waals surface area contributed by atoms with Crippen LogP contribution in [0.25, 0.3) is 0 Å². The molecule has 0 fully saturated rings. The van der Waals surface area contributed by atoms with E-state index in [4.69, 9.17) is 16.2 Å². The Morgan fingerprint density at radius 3 is 2.89 bits per heavy atom. The largest absolute Gasteiger partial charge is 0.497 e. The van der Waals surface area contributed by atoms with Crippen molar-refractivity contribution in [1.29, 1.82) is 0 Å². The Kier molecular flexibility index (Phi) is 3.79. The highest BCUT2D eigenvalue weighted by molar-refractivity contribution is 5.46. The van der Waals surface area contributed by atoms with Gasteiger partial charge in [0.2, 0.25) is 0 Å². The second-order valence-corrected chi connectivity index (χ2v) is 4.17. The number of nitrogens with zero attached hydrogens (tertiary/aromatic N) is 1. The number of hydrogen-bond acceptors (Lipinski definition) is 4. The highest BCUT2D eigenvalue weighted by Gasteiger charge is 2.10. The molecule has 0 aliphatic heterocycles. The van der Waals surface area contributed by atoms with E-state index in [1.165, 1.54) is 0 Å². The lowest BCUT2D eigenvalue weighted by Gasteiger charge is -2.14. The Balaban J connectivity index is 2.16. The average Bonchev–Trinajstić information content (AvgIpc) is 2.39. The van der Waals surface area contributed by atoms with Crippen molar-refractivity contribution >= 4 is 5.69 Å². The Morgan fingerprint density at radius 2 is 2.17 bits per heavy atom. The first kappa shape index (κ1) is 12.4. The van der Waals surface area contributed by atoms with E-state index in [0.29, 0.717) is 12.1 Å². The van der Waals surface area contributed by atoms with E-state index in [2.05, 4.69) is 4.98 Å². The van der Waals surface area contributed by atoms with Crippen LogP contribution in [0.15, 0.2) is 42.7 Å². The van der Waals surface area contributed by atoms with Crippen LogP contribution in [0.5, 0.6) is 5.75 Å². The van der Waals surface area contributed by atoms with Gasteiger partial charge in [0.25, 0.3) is 0 Å². The minimum Gasteiger partial charge on any atom is -0.497 e. The highest BCUT2D eigenvalue weighted by Crippen LogP contribution is 2.22. The molecule has 4 N–H and O–H groups in total. The van der Waals surface area contributed by atoms with Gasteiger partial charge in [0.1, 0.15) is 5.75 Å². The summed E-state index contributed by atoms with van der Waals surface area (Å²) in [5.74, 6) is 0.832. The van der Waals surface area contributed by atoms with E-state index >= 15 is 0 Å². The molecule has 0 saturated heterocycles. The summed E-state index contributed by atoms with van der Waals surface area (Å²) in [7, 11) is 1.65. The average molecular weight is 243 g/mol. The minimum absolute atomic E-state index is 0.161. The van der Waals surface area contributed by atoms with Gasteiger partial charge in [-0.25, -0.2) is 0 Å². The maximum Gasteiger partial charge on any atom is 0.119 e. The van der Waals surface area contributed by atoms with Crippen molar-refractivity contribution in [2.45, 2.75) is 12.5 Å². The number of aromatic nitrogens is 1. The van der Waals surface area contributed by atoms with Gasteiger partial charge in [-0.2, -0.15) is 0 Å². The van der Waals surface area contributed by atoms with Crippen molar-refractivity contribution in [2.75, 3.05) is 12.8 Å². The van der Waals surface area contributed by atoms with Crippen LogP contribution in [-0.2, 0) is 6.42 Å². The number of hydrogen-bond donors (Lipinski definition) is 2. The number of ether oxygens (including phenoxy) is 1. The molecule has 1 aromatic carbocycles. The van der Waals surface area contributed by atoms with Crippen LogP contribution in [0, 0.1) is 0 Å². The molecule has 0 saturated carbocycles. The second-order valence-electron chi connectivity index (χ2n) is 4.17. The van der Waals surface area contributed by atoms with Crippen LogP contribution in [0.3, 0.4) is 0 Å². The molecular formula is C14H17N3O. The summed E-state index contributed by atoms with van der Waals surface area (Å²) in [6, 6.07) is 9.47. The molecule has 0 spiro atoms. The third kappa shape index (κ3) is 2.78. The Morgan fingerprint density at radius 1 is 1.33 bits per heavy atom. The van der Waals surface area contributed by atoms with Crippen molar-refractivity contribution in [3.8, 4) is 5.75 Å². The van der Waals surface area contributed by atoms with Crippen LogP contribution < -0.4 is 16.2 Å². The fraction of sp³-hybridized carbons (Fsp3) is 0.214. The number of methoxy groups -OCH3 is 1. The van der Waals surface area contributed by atoms with Gasteiger partial charge < -0.3 is 16.2 Å². The molecule has 1 unspecified atom stereocenters. The van der Waals surface area contributed by atoms with Crippen LogP contribution in [0.2, 0.25) is 0 Å². The molecule has 2 rings (SSSR count). The molecule has 0 amide bonds. The zero-order valence-corrected chi connectivity index (χ0v) is 10.3. The predicted octanol–water partition coefficient (Wildman–Crippen LogP) is 1.91. The predicted molar refractivity (Wildman–Crippen MR) is 72.3 cm³/mol. The van der Waals surface area contributed by atoms with Crippen molar-refractivity contribution in [3.05, 3.63) is 53.9 Å². The third-order valence-corrected chi connectivity index (χ3v) is 2.88. The van der Waals surface area contributed by atoms with Crippen molar-refractivity contribution < 1.29 is 4.74 Å². The summed E-state index contributed by atoms with van der Waals surface area (Å²) in [5, 5.41) is 0. The molecule has 18 heavy (non-hydrogen) atoms. The maximum atomic E-state index is 6.16. The van der Waals surface area contributed by atoms with Crippen LogP contribution in [-0.4, -0.2) is 12.1 Å². The molecular weight excluding hydrogens is 226 g/mol. The molecule has 1 atom stereocenters. The lowest BCUT2D eigenvalue weighted by Crippen LogP contribution is -2.15. The van der Waals surface area contributed by atoms with Crippen LogP contribution in [0.1, 0.15) is 17.2 Å². The van der Waals surface area contributed by atoms with Gasteiger partial charge in [-0.05, 0) is 30.2 Å². The first-order chi connectivity index (χ1) is 8.70. The molecule has 94 valence electrons.